The van der Waals surface area contributed by atoms with E-state index in [1.54, 1.807) is 8.93 Å². The molecular weight excluding hydrogens is 271 g/mol. The molecule has 1 N–H and O–H groups in total. The molecule has 0 spiro atoms. The second-order valence-corrected chi connectivity index (χ2v) is 4.19. The van der Waals surface area contributed by atoms with Gasteiger partial charge in [0, 0.05) is 26.1 Å². The fourth-order valence-electron chi connectivity index (χ4n) is 0.915. The van der Waals surface area contributed by atoms with Gasteiger partial charge in [-0.25, -0.2) is 0 Å². The fourth-order valence-corrected chi connectivity index (χ4v) is 2.72. The highest BCUT2D eigenvalue weighted by Crippen LogP contribution is 2.29. The highest BCUT2D eigenvalue weighted by Gasteiger charge is 2.00. The van der Waals surface area contributed by atoms with Crippen LogP contribution in [0, 0.1) is 6.92 Å². The summed E-state index contributed by atoms with van der Waals surface area (Å²) in [4.78, 5) is 1.23. The van der Waals surface area contributed by atoms with Crippen LogP contribution in [0.15, 0.2) is 23.1 Å². The largest absolute Gasteiger partial charge is 0.392 e. The maximum atomic E-state index is 8.93. The third-order valence-corrected chi connectivity index (χ3v) is 3.68. The van der Waals surface area contributed by atoms with E-state index in [0.29, 0.717) is 0 Å². The highest BCUT2D eigenvalue weighted by molar-refractivity contribution is 14.2. The predicted molar refractivity (Wildman–Crippen MR) is 57.0 cm³/mol. The molecule has 0 radical (unpaired) electrons. The summed E-state index contributed by atoms with van der Waals surface area (Å²) in [5.41, 5.74) is 2.21. The second kappa shape index (κ2) is 4.33. The van der Waals surface area contributed by atoms with Gasteiger partial charge in [0.25, 0.3) is 0 Å². The van der Waals surface area contributed by atoms with E-state index in [9.17, 15) is 0 Å². The van der Waals surface area contributed by atoms with E-state index in [2.05, 4.69) is 27.3 Å². The van der Waals surface area contributed by atoms with Gasteiger partial charge in [0.15, 0.2) is 0 Å². The Morgan fingerprint density at radius 3 is 2.82 bits per heavy atom. The lowest BCUT2D eigenvalue weighted by molar-refractivity contribution is 0.280. The Kier molecular flexibility index (Phi) is 3.68. The van der Waals surface area contributed by atoms with Gasteiger partial charge in [-0.2, -0.15) is 0 Å². The zero-order valence-corrected chi connectivity index (χ0v) is 9.15. The molecule has 0 saturated carbocycles. The van der Waals surface area contributed by atoms with Gasteiger partial charge in [-0.1, -0.05) is 21.1 Å². The maximum Gasteiger partial charge on any atom is 0.0684 e. The van der Waals surface area contributed by atoms with Crippen molar-refractivity contribution in [2.24, 2.45) is 0 Å². The van der Waals surface area contributed by atoms with Crippen LogP contribution in [0.5, 0.6) is 0 Å². The first-order chi connectivity index (χ1) is 5.29. The van der Waals surface area contributed by atoms with E-state index < -0.39 is 0 Å². The Morgan fingerprint density at radius 1 is 1.55 bits per heavy atom. The van der Waals surface area contributed by atoms with Crippen LogP contribution < -0.4 is 0 Å². The molecule has 0 unspecified atom stereocenters. The van der Waals surface area contributed by atoms with Gasteiger partial charge in [-0.05, 0) is 24.1 Å². The fraction of sp³-hybridized carbons (Fsp3) is 0.250. The number of aliphatic hydroxyl groups excluding tert-OH is 1. The van der Waals surface area contributed by atoms with Gasteiger partial charge < -0.3 is 5.11 Å². The van der Waals surface area contributed by atoms with Crippen LogP contribution in [0.2, 0.25) is 0 Å². The Bertz CT molecular complexity index is 228. The van der Waals surface area contributed by atoms with Crippen molar-refractivity contribution in [1.29, 1.82) is 0 Å². The summed E-state index contributed by atoms with van der Waals surface area (Å²) in [6.07, 6.45) is 0. The zero-order valence-electron chi connectivity index (χ0n) is 6.17. The van der Waals surface area contributed by atoms with Crippen molar-refractivity contribution in [2.45, 2.75) is 18.4 Å². The van der Waals surface area contributed by atoms with Crippen molar-refractivity contribution in [3.8, 4) is 0 Å². The molecule has 0 aromatic heterocycles. The summed E-state index contributed by atoms with van der Waals surface area (Å²) in [6, 6.07) is 5.98. The minimum absolute atomic E-state index is 0.136. The molecule has 0 aliphatic rings. The summed E-state index contributed by atoms with van der Waals surface area (Å²) in [5.74, 6) is 0. The monoisotopic (exact) mass is 280 g/mol. The lowest BCUT2D eigenvalue weighted by Gasteiger charge is -2.04. The lowest BCUT2D eigenvalue weighted by Crippen LogP contribution is -1.88. The van der Waals surface area contributed by atoms with E-state index in [1.165, 1.54) is 10.5 Å². The molecule has 0 fully saturated rings. The van der Waals surface area contributed by atoms with E-state index in [1.807, 2.05) is 19.1 Å². The minimum atomic E-state index is 0.136. The van der Waals surface area contributed by atoms with E-state index in [-0.39, 0.29) is 6.61 Å². The molecule has 60 valence electrons. The second-order valence-electron chi connectivity index (χ2n) is 2.28. The quantitative estimate of drug-likeness (QED) is 0.840. The summed E-state index contributed by atoms with van der Waals surface area (Å²) >= 11 is 2.25. The number of halogens is 1. The molecule has 0 heterocycles. The van der Waals surface area contributed by atoms with Crippen molar-refractivity contribution in [1.82, 2.24) is 0 Å². The molecular formula is C8H9IOS. The molecule has 1 aromatic carbocycles. The van der Waals surface area contributed by atoms with Crippen molar-refractivity contribution >= 4 is 30.1 Å². The standard InChI is InChI=1S/C8H9IOS/c1-6-7(5-10)3-2-4-8(6)11-9/h2-4,10H,5H2,1H3. The molecule has 0 amide bonds. The predicted octanol–water partition coefficient (Wildman–Crippen LogP) is 2.93. The first-order valence-corrected chi connectivity index (χ1v) is 6.63. The Hall–Kier alpha value is 0.260. The van der Waals surface area contributed by atoms with Crippen molar-refractivity contribution in [3.63, 3.8) is 0 Å². The molecule has 11 heavy (non-hydrogen) atoms. The first-order valence-electron chi connectivity index (χ1n) is 3.27. The molecule has 1 aromatic rings. The normalized spacial score (nSPS) is 10.1. The van der Waals surface area contributed by atoms with Crippen molar-refractivity contribution in [2.75, 3.05) is 0 Å². The Morgan fingerprint density at radius 2 is 2.27 bits per heavy atom. The maximum absolute atomic E-state index is 8.93. The van der Waals surface area contributed by atoms with Crippen LogP contribution in [0.3, 0.4) is 0 Å². The van der Waals surface area contributed by atoms with E-state index in [4.69, 9.17) is 5.11 Å². The summed E-state index contributed by atoms with van der Waals surface area (Å²) in [5, 5.41) is 8.93. The summed E-state index contributed by atoms with van der Waals surface area (Å²) in [7, 11) is 1.68. The molecule has 0 saturated heterocycles. The van der Waals surface area contributed by atoms with E-state index in [0.717, 1.165) is 5.56 Å². The summed E-state index contributed by atoms with van der Waals surface area (Å²) in [6.45, 7) is 2.17. The van der Waals surface area contributed by atoms with Crippen LogP contribution >= 0.6 is 30.1 Å². The molecule has 3 heteroatoms. The third-order valence-electron chi connectivity index (χ3n) is 1.65. The number of aliphatic hydroxyl groups is 1. The number of hydrogen-bond acceptors (Lipinski definition) is 2. The van der Waals surface area contributed by atoms with Crippen LogP contribution in [0.1, 0.15) is 11.1 Å². The van der Waals surface area contributed by atoms with Crippen LogP contribution in [-0.2, 0) is 6.61 Å². The van der Waals surface area contributed by atoms with Gasteiger partial charge in [0.05, 0.1) is 6.61 Å². The molecule has 0 aliphatic carbocycles. The molecule has 0 bridgehead atoms. The smallest absolute Gasteiger partial charge is 0.0684 e. The van der Waals surface area contributed by atoms with Crippen LogP contribution in [0.25, 0.3) is 0 Å². The van der Waals surface area contributed by atoms with Crippen molar-refractivity contribution in [3.05, 3.63) is 29.3 Å². The number of benzene rings is 1. The van der Waals surface area contributed by atoms with Gasteiger partial charge in [-0.15, -0.1) is 0 Å². The lowest BCUT2D eigenvalue weighted by atomic mass is 10.1. The van der Waals surface area contributed by atoms with Gasteiger partial charge in [-0.3, -0.25) is 0 Å². The average molecular weight is 280 g/mol. The van der Waals surface area contributed by atoms with Gasteiger partial charge in [0.1, 0.15) is 0 Å². The SMILES string of the molecule is Cc1c(CO)cccc1SI. The summed E-state index contributed by atoms with van der Waals surface area (Å²) < 4.78 is 0. The number of rotatable bonds is 2. The zero-order chi connectivity index (χ0) is 8.27. The Balaban J connectivity index is 3.10. The Labute approximate surface area is 82.8 Å². The average Bonchev–Trinajstić information content (AvgIpc) is 2.05. The molecule has 0 atom stereocenters. The molecule has 0 aliphatic heterocycles. The molecule has 1 rings (SSSR count). The van der Waals surface area contributed by atoms with Crippen LogP contribution in [0.4, 0.5) is 0 Å². The van der Waals surface area contributed by atoms with Crippen molar-refractivity contribution < 1.29 is 5.11 Å². The molecule has 1 nitrogen and oxygen atoms in total. The third kappa shape index (κ3) is 2.10. The highest BCUT2D eigenvalue weighted by atomic mass is 127. The van der Waals surface area contributed by atoms with Gasteiger partial charge >= 0.3 is 0 Å². The number of hydrogen-bond donors (Lipinski definition) is 1. The minimum Gasteiger partial charge on any atom is -0.392 e. The first kappa shape index (κ1) is 9.35. The van der Waals surface area contributed by atoms with Gasteiger partial charge in [0.2, 0.25) is 0 Å². The van der Waals surface area contributed by atoms with E-state index >= 15 is 0 Å². The van der Waals surface area contributed by atoms with Crippen LogP contribution in [-0.4, -0.2) is 5.11 Å². The topological polar surface area (TPSA) is 20.2 Å².